The zero-order valence-corrected chi connectivity index (χ0v) is 14.5. The molecule has 1 aromatic rings. The predicted octanol–water partition coefficient (Wildman–Crippen LogP) is 2.31. The number of ether oxygens (including phenoxy) is 1. The topological polar surface area (TPSA) is 74.9 Å². The Morgan fingerprint density at radius 2 is 2.13 bits per heavy atom. The summed E-state index contributed by atoms with van der Waals surface area (Å²) in [4.78, 5) is 13.4. The van der Waals surface area contributed by atoms with Gasteiger partial charge < -0.3 is 24.5 Å². The van der Waals surface area contributed by atoms with Gasteiger partial charge in [0.15, 0.2) is 0 Å². The van der Waals surface area contributed by atoms with Crippen molar-refractivity contribution in [2.75, 3.05) is 26.2 Å². The van der Waals surface area contributed by atoms with Crippen molar-refractivity contribution in [2.24, 2.45) is 0 Å². The molecule has 6 nitrogen and oxygen atoms in total. The van der Waals surface area contributed by atoms with Crippen LogP contribution in [0.5, 0.6) is 0 Å². The first-order valence-electron chi connectivity index (χ1n) is 8.28. The summed E-state index contributed by atoms with van der Waals surface area (Å²) in [6.45, 7) is 9.59. The quantitative estimate of drug-likeness (QED) is 0.869. The van der Waals surface area contributed by atoms with E-state index < -0.39 is 5.60 Å². The lowest BCUT2D eigenvalue weighted by Crippen LogP contribution is -2.48. The van der Waals surface area contributed by atoms with Crippen LogP contribution >= 0.6 is 0 Å². The monoisotopic (exact) mass is 324 g/mol. The van der Waals surface area contributed by atoms with Crippen molar-refractivity contribution in [1.29, 1.82) is 0 Å². The van der Waals surface area contributed by atoms with E-state index in [0.717, 1.165) is 29.9 Å². The van der Waals surface area contributed by atoms with Gasteiger partial charge in [0.1, 0.15) is 17.1 Å². The molecule has 1 fully saturated rings. The average Bonchev–Trinajstić information content (AvgIpc) is 2.85. The molecule has 0 aromatic carbocycles. The Kier molecular flexibility index (Phi) is 5.70. The number of hydrogen-bond acceptors (Lipinski definition) is 5. The highest BCUT2D eigenvalue weighted by Crippen LogP contribution is 2.26. The molecule has 2 N–H and O–H groups in total. The summed E-state index contributed by atoms with van der Waals surface area (Å²) < 4.78 is 10.5. The van der Waals surface area contributed by atoms with Crippen molar-refractivity contribution in [3.8, 4) is 0 Å². The van der Waals surface area contributed by atoms with Crippen LogP contribution in [0, 0.1) is 13.8 Å². The molecule has 0 saturated carbocycles. The van der Waals surface area contributed by atoms with Crippen molar-refractivity contribution in [1.82, 2.24) is 10.2 Å². The second kappa shape index (κ2) is 7.36. The molecule has 1 aliphatic rings. The lowest BCUT2D eigenvalue weighted by Gasteiger charge is -2.33. The molecule has 130 valence electrons. The third-order valence-corrected chi connectivity index (χ3v) is 4.38. The SMILES string of the molecule is CCOC(=O)N1CCC(NCC(C)(O)c2cc(C)oc2C)CC1. The van der Waals surface area contributed by atoms with Crippen molar-refractivity contribution in [3.63, 3.8) is 0 Å². The number of piperidine rings is 1. The van der Waals surface area contributed by atoms with Gasteiger partial charge in [-0.25, -0.2) is 4.79 Å². The zero-order valence-electron chi connectivity index (χ0n) is 14.5. The smallest absolute Gasteiger partial charge is 0.409 e. The number of amides is 1. The molecule has 1 unspecified atom stereocenters. The number of furan rings is 1. The summed E-state index contributed by atoms with van der Waals surface area (Å²) in [5, 5.41) is 14.1. The van der Waals surface area contributed by atoms with Crippen molar-refractivity contribution >= 4 is 6.09 Å². The Morgan fingerprint density at radius 1 is 1.48 bits per heavy atom. The third-order valence-electron chi connectivity index (χ3n) is 4.38. The number of hydrogen-bond donors (Lipinski definition) is 2. The summed E-state index contributed by atoms with van der Waals surface area (Å²) in [5.74, 6) is 1.56. The summed E-state index contributed by atoms with van der Waals surface area (Å²) in [6, 6.07) is 2.18. The van der Waals surface area contributed by atoms with Gasteiger partial charge in [-0.15, -0.1) is 0 Å². The van der Waals surface area contributed by atoms with Gasteiger partial charge in [0, 0.05) is 31.2 Å². The summed E-state index contributed by atoms with van der Waals surface area (Å²) in [7, 11) is 0. The standard InChI is InChI=1S/C17H28N2O4/c1-5-22-16(20)19-8-6-14(7-9-19)18-11-17(4,21)15-10-12(2)23-13(15)3/h10,14,18,21H,5-9,11H2,1-4H3. The minimum absolute atomic E-state index is 0.234. The minimum Gasteiger partial charge on any atom is -0.466 e. The van der Waals surface area contributed by atoms with Crippen molar-refractivity contribution < 1.29 is 19.1 Å². The fourth-order valence-corrected chi connectivity index (χ4v) is 3.08. The van der Waals surface area contributed by atoms with Crippen molar-refractivity contribution in [2.45, 2.75) is 52.2 Å². The Hall–Kier alpha value is -1.53. The fraction of sp³-hybridized carbons (Fsp3) is 0.706. The van der Waals surface area contributed by atoms with E-state index in [2.05, 4.69) is 5.32 Å². The number of nitrogens with one attached hydrogen (secondary N) is 1. The van der Waals surface area contributed by atoms with Crippen molar-refractivity contribution in [3.05, 3.63) is 23.2 Å². The molecule has 0 bridgehead atoms. The van der Waals surface area contributed by atoms with Crippen LogP contribution < -0.4 is 5.32 Å². The number of likely N-dealkylation sites (tertiary alicyclic amines) is 1. The van der Waals surface area contributed by atoms with E-state index in [4.69, 9.17) is 9.15 Å². The number of carbonyl (C=O) groups is 1. The molecule has 0 spiro atoms. The summed E-state index contributed by atoms with van der Waals surface area (Å²) >= 11 is 0. The van der Waals surface area contributed by atoms with Crippen LogP contribution in [0.3, 0.4) is 0 Å². The van der Waals surface area contributed by atoms with E-state index in [9.17, 15) is 9.90 Å². The van der Waals surface area contributed by atoms with Gasteiger partial charge in [0.2, 0.25) is 0 Å². The molecule has 1 saturated heterocycles. The number of rotatable bonds is 5. The zero-order chi connectivity index (χ0) is 17.0. The minimum atomic E-state index is -0.972. The van der Waals surface area contributed by atoms with Crippen LogP contribution in [-0.2, 0) is 10.3 Å². The fourth-order valence-electron chi connectivity index (χ4n) is 3.08. The number of aliphatic hydroxyl groups is 1. The van der Waals surface area contributed by atoms with E-state index in [1.807, 2.05) is 26.8 Å². The van der Waals surface area contributed by atoms with Gasteiger partial charge in [0.05, 0.1) is 6.61 Å². The molecule has 1 atom stereocenters. The van der Waals surface area contributed by atoms with E-state index >= 15 is 0 Å². The highest BCUT2D eigenvalue weighted by molar-refractivity contribution is 5.67. The molecule has 1 amide bonds. The Labute approximate surface area is 137 Å². The third kappa shape index (κ3) is 4.48. The maximum atomic E-state index is 11.7. The van der Waals surface area contributed by atoms with E-state index in [0.29, 0.717) is 32.3 Å². The molecule has 1 aliphatic heterocycles. The van der Waals surface area contributed by atoms with Gasteiger partial charge in [-0.2, -0.15) is 0 Å². The van der Waals surface area contributed by atoms with Gasteiger partial charge in [-0.3, -0.25) is 0 Å². The lowest BCUT2D eigenvalue weighted by atomic mass is 9.95. The molecule has 6 heteroatoms. The average molecular weight is 324 g/mol. The first-order chi connectivity index (χ1) is 10.8. The second-order valence-electron chi connectivity index (χ2n) is 6.44. The molecular weight excluding hydrogens is 296 g/mol. The van der Waals surface area contributed by atoms with Crippen LogP contribution in [0.25, 0.3) is 0 Å². The molecule has 0 aliphatic carbocycles. The highest BCUT2D eigenvalue weighted by Gasteiger charge is 2.30. The first kappa shape index (κ1) is 17.8. The summed E-state index contributed by atoms with van der Waals surface area (Å²) in [5.41, 5.74) is -0.147. The van der Waals surface area contributed by atoms with Crippen LogP contribution in [0.1, 0.15) is 43.8 Å². The molecule has 2 rings (SSSR count). The maximum absolute atomic E-state index is 11.7. The van der Waals surface area contributed by atoms with Gasteiger partial charge in [-0.1, -0.05) is 0 Å². The highest BCUT2D eigenvalue weighted by atomic mass is 16.6. The summed E-state index contributed by atoms with van der Waals surface area (Å²) in [6.07, 6.45) is 1.48. The second-order valence-corrected chi connectivity index (χ2v) is 6.44. The van der Waals surface area contributed by atoms with Gasteiger partial charge in [-0.05, 0) is 46.6 Å². The van der Waals surface area contributed by atoms with E-state index in [1.54, 1.807) is 11.8 Å². The molecule has 1 aromatic heterocycles. The molecule has 23 heavy (non-hydrogen) atoms. The van der Waals surface area contributed by atoms with Crippen LogP contribution in [0.15, 0.2) is 10.5 Å². The Bertz CT molecular complexity index is 531. The normalized spacial score (nSPS) is 18.7. The van der Waals surface area contributed by atoms with Gasteiger partial charge in [0.25, 0.3) is 0 Å². The lowest BCUT2D eigenvalue weighted by molar-refractivity contribution is 0.0474. The molecule has 2 heterocycles. The van der Waals surface area contributed by atoms with Crippen LogP contribution in [0.4, 0.5) is 4.79 Å². The van der Waals surface area contributed by atoms with E-state index in [-0.39, 0.29) is 6.09 Å². The molecular formula is C17H28N2O4. The first-order valence-corrected chi connectivity index (χ1v) is 8.28. The largest absolute Gasteiger partial charge is 0.466 e. The Balaban J connectivity index is 1.83. The predicted molar refractivity (Wildman–Crippen MR) is 87.4 cm³/mol. The van der Waals surface area contributed by atoms with Crippen LogP contribution in [0.2, 0.25) is 0 Å². The van der Waals surface area contributed by atoms with E-state index in [1.165, 1.54) is 0 Å². The van der Waals surface area contributed by atoms with Gasteiger partial charge >= 0.3 is 6.09 Å². The maximum Gasteiger partial charge on any atom is 0.409 e. The Morgan fingerprint density at radius 3 is 2.65 bits per heavy atom. The van der Waals surface area contributed by atoms with Crippen LogP contribution in [-0.4, -0.2) is 48.4 Å². The number of nitrogens with zero attached hydrogens (tertiary/aromatic N) is 1. The number of carbonyl (C=O) groups excluding carboxylic acids is 1. The number of aryl methyl sites for hydroxylation is 2. The molecule has 0 radical (unpaired) electrons.